The van der Waals surface area contributed by atoms with Crippen LogP contribution in [0.15, 0.2) is 24.3 Å². The van der Waals surface area contributed by atoms with Gasteiger partial charge in [0.2, 0.25) is 0 Å². The van der Waals surface area contributed by atoms with Crippen molar-refractivity contribution in [2.75, 3.05) is 19.6 Å². The summed E-state index contributed by atoms with van der Waals surface area (Å²) in [4.78, 5) is 2.30. The lowest BCUT2D eigenvalue weighted by Gasteiger charge is -2.33. The quantitative estimate of drug-likeness (QED) is 0.837. The van der Waals surface area contributed by atoms with Gasteiger partial charge in [-0.15, -0.1) is 6.42 Å². The molecule has 3 heteroatoms. The Morgan fingerprint density at radius 3 is 2.84 bits per heavy atom. The molecule has 0 radical (unpaired) electrons. The van der Waals surface area contributed by atoms with Crippen LogP contribution in [0.2, 0.25) is 0 Å². The number of nitrogens with one attached hydrogen (secondary N) is 1. The maximum Gasteiger partial charge on any atom is 0.123 e. The van der Waals surface area contributed by atoms with Gasteiger partial charge in [0.25, 0.3) is 0 Å². The van der Waals surface area contributed by atoms with Crippen molar-refractivity contribution < 1.29 is 4.39 Å². The molecular weight excluding hydrogens is 239 g/mol. The van der Waals surface area contributed by atoms with E-state index >= 15 is 0 Å². The molecule has 0 saturated carbocycles. The number of likely N-dealkylation sites (tertiary alicyclic amines) is 1. The first-order chi connectivity index (χ1) is 9.19. The van der Waals surface area contributed by atoms with E-state index in [0.717, 1.165) is 38.0 Å². The van der Waals surface area contributed by atoms with Crippen LogP contribution in [0, 0.1) is 18.2 Å². The lowest BCUT2D eigenvalue weighted by molar-refractivity contribution is 0.211. The van der Waals surface area contributed by atoms with E-state index in [-0.39, 0.29) is 11.9 Å². The van der Waals surface area contributed by atoms with Crippen LogP contribution < -0.4 is 5.32 Å². The number of rotatable bonds is 4. The predicted octanol–water partition coefficient (Wildman–Crippen LogP) is 2.57. The lowest BCUT2D eigenvalue weighted by atomic mass is 10.0. The number of hydrogen-bond acceptors (Lipinski definition) is 2. The van der Waals surface area contributed by atoms with Gasteiger partial charge in [0.1, 0.15) is 5.82 Å². The van der Waals surface area contributed by atoms with Crippen LogP contribution in [-0.4, -0.2) is 30.6 Å². The van der Waals surface area contributed by atoms with E-state index < -0.39 is 0 Å². The first-order valence-electron chi connectivity index (χ1n) is 6.86. The normalized spacial score (nSPS) is 19.0. The van der Waals surface area contributed by atoms with Gasteiger partial charge in [-0.2, -0.15) is 0 Å². The van der Waals surface area contributed by atoms with E-state index in [4.69, 9.17) is 6.42 Å². The SMILES string of the molecule is C#CCN1CCC(NC(C)c2cccc(F)c2)CC1. The number of nitrogens with zero attached hydrogens (tertiary/aromatic N) is 1. The van der Waals surface area contributed by atoms with Crippen LogP contribution in [0.4, 0.5) is 4.39 Å². The molecule has 1 unspecified atom stereocenters. The minimum atomic E-state index is -0.171. The van der Waals surface area contributed by atoms with Gasteiger partial charge in [-0.3, -0.25) is 4.90 Å². The van der Waals surface area contributed by atoms with Crippen molar-refractivity contribution in [1.82, 2.24) is 10.2 Å². The minimum absolute atomic E-state index is 0.171. The Morgan fingerprint density at radius 1 is 1.47 bits per heavy atom. The van der Waals surface area contributed by atoms with E-state index in [9.17, 15) is 4.39 Å². The maximum absolute atomic E-state index is 13.2. The number of benzene rings is 1. The molecular formula is C16H21FN2. The van der Waals surface area contributed by atoms with Crippen LogP contribution >= 0.6 is 0 Å². The summed E-state index contributed by atoms with van der Waals surface area (Å²) in [6.07, 6.45) is 7.52. The van der Waals surface area contributed by atoms with Gasteiger partial charge in [-0.1, -0.05) is 18.1 Å². The summed E-state index contributed by atoms with van der Waals surface area (Å²) in [5.74, 6) is 2.52. The van der Waals surface area contributed by atoms with Crippen LogP contribution in [0.5, 0.6) is 0 Å². The van der Waals surface area contributed by atoms with Gasteiger partial charge in [0, 0.05) is 25.2 Å². The standard InChI is InChI=1S/C16H21FN2/c1-3-9-19-10-7-16(8-11-19)18-13(2)14-5-4-6-15(17)12-14/h1,4-6,12-13,16,18H,7-11H2,2H3. The van der Waals surface area contributed by atoms with Crippen molar-refractivity contribution in [3.63, 3.8) is 0 Å². The maximum atomic E-state index is 13.2. The van der Waals surface area contributed by atoms with E-state index in [1.165, 1.54) is 6.07 Å². The number of terminal acetylenes is 1. The second kappa shape index (κ2) is 6.70. The molecule has 0 aliphatic carbocycles. The zero-order chi connectivity index (χ0) is 13.7. The molecule has 2 nitrogen and oxygen atoms in total. The average Bonchev–Trinajstić information content (AvgIpc) is 2.41. The third-order valence-electron chi connectivity index (χ3n) is 3.74. The van der Waals surface area contributed by atoms with Crippen LogP contribution in [0.25, 0.3) is 0 Å². The van der Waals surface area contributed by atoms with Crippen molar-refractivity contribution in [1.29, 1.82) is 0 Å². The topological polar surface area (TPSA) is 15.3 Å². The fraction of sp³-hybridized carbons (Fsp3) is 0.500. The predicted molar refractivity (Wildman–Crippen MR) is 76.2 cm³/mol. The summed E-state index contributed by atoms with van der Waals surface area (Å²) >= 11 is 0. The summed E-state index contributed by atoms with van der Waals surface area (Å²) < 4.78 is 13.2. The Balaban J connectivity index is 1.84. The molecule has 1 heterocycles. The molecule has 1 atom stereocenters. The molecule has 0 aromatic heterocycles. The molecule has 102 valence electrons. The zero-order valence-corrected chi connectivity index (χ0v) is 11.4. The van der Waals surface area contributed by atoms with Gasteiger partial charge in [-0.05, 0) is 37.5 Å². The lowest BCUT2D eigenvalue weighted by Crippen LogP contribution is -2.43. The van der Waals surface area contributed by atoms with Crippen molar-refractivity contribution in [2.24, 2.45) is 0 Å². The van der Waals surface area contributed by atoms with Crippen molar-refractivity contribution >= 4 is 0 Å². The average molecular weight is 260 g/mol. The molecule has 0 spiro atoms. The molecule has 1 aromatic carbocycles. The number of halogens is 1. The zero-order valence-electron chi connectivity index (χ0n) is 11.4. The fourth-order valence-electron chi connectivity index (χ4n) is 2.61. The molecule has 1 N–H and O–H groups in total. The van der Waals surface area contributed by atoms with E-state index in [2.05, 4.69) is 23.1 Å². The van der Waals surface area contributed by atoms with Gasteiger partial charge < -0.3 is 5.32 Å². The summed E-state index contributed by atoms with van der Waals surface area (Å²) in [6.45, 7) is 4.91. The highest BCUT2D eigenvalue weighted by Crippen LogP contribution is 2.18. The second-order valence-corrected chi connectivity index (χ2v) is 5.20. The monoisotopic (exact) mass is 260 g/mol. The van der Waals surface area contributed by atoms with Crippen LogP contribution in [0.1, 0.15) is 31.4 Å². The molecule has 1 fully saturated rings. The van der Waals surface area contributed by atoms with Gasteiger partial charge in [-0.25, -0.2) is 4.39 Å². The summed E-state index contributed by atoms with van der Waals surface area (Å²) in [7, 11) is 0. The van der Waals surface area contributed by atoms with Crippen LogP contribution in [-0.2, 0) is 0 Å². The Bertz CT molecular complexity index is 444. The molecule has 1 aliphatic rings. The molecule has 0 amide bonds. The highest BCUT2D eigenvalue weighted by molar-refractivity contribution is 5.19. The fourth-order valence-corrected chi connectivity index (χ4v) is 2.61. The number of hydrogen-bond donors (Lipinski definition) is 1. The molecule has 1 saturated heterocycles. The van der Waals surface area contributed by atoms with Crippen LogP contribution in [0.3, 0.4) is 0 Å². The summed E-state index contributed by atoms with van der Waals surface area (Å²) in [6, 6.07) is 7.49. The summed E-state index contributed by atoms with van der Waals surface area (Å²) in [5, 5.41) is 3.58. The van der Waals surface area contributed by atoms with E-state index in [1.807, 2.05) is 6.07 Å². The second-order valence-electron chi connectivity index (χ2n) is 5.20. The minimum Gasteiger partial charge on any atom is -0.307 e. The first-order valence-corrected chi connectivity index (χ1v) is 6.86. The van der Waals surface area contributed by atoms with Gasteiger partial charge in [0.15, 0.2) is 0 Å². The van der Waals surface area contributed by atoms with Crippen molar-refractivity contribution in [2.45, 2.75) is 31.8 Å². The largest absolute Gasteiger partial charge is 0.307 e. The van der Waals surface area contributed by atoms with Gasteiger partial charge >= 0.3 is 0 Å². The van der Waals surface area contributed by atoms with Crippen molar-refractivity contribution in [3.05, 3.63) is 35.6 Å². The van der Waals surface area contributed by atoms with Gasteiger partial charge in [0.05, 0.1) is 6.54 Å². The molecule has 1 aliphatic heterocycles. The Labute approximate surface area is 115 Å². The highest BCUT2D eigenvalue weighted by atomic mass is 19.1. The first kappa shape index (κ1) is 14.0. The third-order valence-corrected chi connectivity index (χ3v) is 3.74. The van der Waals surface area contributed by atoms with Crippen molar-refractivity contribution in [3.8, 4) is 12.3 Å². The Hall–Kier alpha value is -1.37. The number of piperidine rings is 1. The molecule has 2 rings (SSSR count). The third kappa shape index (κ3) is 4.05. The summed E-state index contributed by atoms with van der Waals surface area (Å²) in [5.41, 5.74) is 1.01. The smallest absolute Gasteiger partial charge is 0.123 e. The molecule has 1 aromatic rings. The van der Waals surface area contributed by atoms with E-state index in [1.54, 1.807) is 12.1 Å². The highest BCUT2D eigenvalue weighted by Gasteiger charge is 2.20. The molecule has 19 heavy (non-hydrogen) atoms. The Kier molecular flexibility index (Phi) is 4.95. The van der Waals surface area contributed by atoms with E-state index in [0.29, 0.717) is 6.04 Å². The molecule has 0 bridgehead atoms. The Morgan fingerprint density at radius 2 is 2.21 bits per heavy atom.